The molecule has 0 radical (unpaired) electrons. The van der Waals surface area contributed by atoms with Crippen LogP contribution in [0, 0.1) is 0 Å². The second-order valence-corrected chi connectivity index (χ2v) is 3.72. The molecule has 0 saturated heterocycles. The summed E-state index contributed by atoms with van der Waals surface area (Å²) in [7, 11) is 0. The predicted octanol–water partition coefficient (Wildman–Crippen LogP) is 1.56. The van der Waals surface area contributed by atoms with Crippen LogP contribution in [-0.4, -0.2) is 15.9 Å². The number of nitrogens with two attached hydrogens (primary N) is 1. The summed E-state index contributed by atoms with van der Waals surface area (Å²) >= 11 is 0. The van der Waals surface area contributed by atoms with Crippen LogP contribution < -0.4 is 11.1 Å². The normalized spacial score (nSPS) is 10.1. The number of amides is 1. The smallest absolute Gasteiger partial charge is 0.224 e. The Labute approximate surface area is 99.1 Å². The molecule has 2 aromatic heterocycles. The summed E-state index contributed by atoms with van der Waals surface area (Å²) in [6.45, 7) is 0. The van der Waals surface area contributed by atoms with Crippen molar-refractivity contribution in [2.45, 2.75) is 12.8 Å². The molecule has 0 saturated carbocycles. The van der Waals surface area contributed by atoms with Gasteiger partial charge in [-0.1, -0.05) is 0 Å². The Morgan fingerprint density at radius 2 is 2.29 bits per heavy atom. The minimum Gasteiger partial charge on any atom is -0.384 e. The largest absolute Gasteiger partial charge is 0.384 e. The molecule has 0 bridgehead atoms. The topological polar surface area (TPSA) is 83.8 Å². The lowest BCUT2D eigenvalue weighted by Gasteiger charge is -2.04. The molecule has 88 valence electrons. The summed E-state index contributed by atoms with van der Waals surface area (Å²) in [6.07, 6.45) is 4.52. The third-order valence-corrected chi connectivity index (χ3v) is 2.35. The number of nitrogen functional groups attached to an aromatic ring is 1. The van der Waals surface area contributed by atoms with E-state index < -0.39 is 0 Å². The highest BCUT2D eigenvalue weighted by Gasteiger charge is 2.03. The van der Waals surface area contributed by atoms with Crippen LogP contribution in [0.1, 0.15) is 12.1 Å². The summed E-state index contributed by atoms with van der Waals surface area (Å²) in [5.41, 5.74) is 7.17. The number of aromatic amines is 1. The molecular formula is C12H14N4O. The highest BCUT2D eigenvalue weighted by atomic mass is 16.1. The average molecular weight is 230 g/mol. The van der Waals surface area contributed by atoms with E-state index in [1.54, 1.807) is 18.3 Å². The molecular weight excluding hydrogens is 216 g/mol. The first-order valence-electron chi connectivity index (χ1n) is 5.38. The Kier molecular flexibility index (Phi) is 3.40. The molecule has 2 heterocycles. The van der Waals surface area contributed by atoms with Crippen molar-refractivity contribution < 1.29 is 4.79 Å². The van der Waals surface area contributed by atoms with E-state index in [9.17, 15) is 4.79 Å². The number of aryl methyl sites for hydroxylation is 1. The van der Waals surface area contributed by atoms with Gasteiger partial charge in [0.15, 0.2) is 0 Å². The van der Waals surface area contributed by atoms with Gasteiger partial charge in [-0.05, 0) is 30.7 Å². The Bertz CT molecular complexity index is 476. The lowest BCUT2D eigenvalue weighted by Crippen LogP contribution is -2.12. The molecule has 17 heavy (non-hydrogen) atoms. The fourth-order valence-electron chi connectivity index (χ4n) is 1.47. The SMILES string of the molecule is Nc1ccc(NC(=O)CCc2ccc[nH]2)cn1. The number of hydrogen-bond acceptors (Lipinski definition) is 3. The highest BCUT2D eigenvalue weighted by molar-refractivity contribution is 5.90. The molecule has 0 fully saturated rings. The molecule has 0 unspecified atom stereocenters. The van der Waals surface area contributed by atoms with Gasteiger partial charge in [-0.15, -0.1) is 0 Å². The van der Waals surface area contributed by atoms with Crippen LogP contribution in [0.2, 0.25) is 0 Å². The van der Waals surface area contributed by atoms with Crippen molar-refractivity contribution in [1.82, 2.24) is 9.97 Å². The van der Waals surface area contributed by atoms with Crippen LogP contribution in [0.25, 0.3) is 0 Å². The maximum absolute atomic E-state index is 11.6. The molecule has 5 heteroatoms. The number of H-pyrrole nitrogens is 1. The molecule has 0 aromatic carbocycles. The van der Waals surface area contributed by atoms with Crippen molar-refractivity contribution in [3.05, 3.63) is 42.4 Å². The second kappa shape index (κ2) is 5.16. The van der Waals surface area contributed by atoms with Gasteiger partial charge >= 0.3 is 0 Å². The number of hydrogen-bond donors (Lipinski definition) is 3. The molecule has 5 nitrogen and oxygen atoms in total. The first kappa shape index (κ1) is 11.2. The molecule has 0 aliphatic carbocycles. The van der Waals surface area contributed by atoms with Gasteiger partial charge in [0, 0.05) is 18.3 Å². The highest BCUT2D eigenvalue weighted by Crippen LogP contribution is 2.08. The van der Waals surface area contributed by atoms with Gasteiger partial charge < -0.3 is 16.0 Å². The second-order valence-electron chi connectivity index (χ2n) is 3.72. The van der Waals surface area contributed by atoms with Crippen LogP contribution in [-0.2, 0) is 11.2 Å². The lowest BCUT2D eigenvalue weighted by molar-refractivity contribution is -0.116. The number of carbonyl (C=O) groups is 1. The Morgan fingerprint density at radius 3 is 2.94 bits per heavy atom. The molecule has 1 amide bonds. The van der Waals surface area contributed by atoms with Crippen molar-refractivity contribution in [2.24, 2.45) is 0 Å². The molecule has 2 aromatic rings. The first-order chi connectivity index (χ1) is 8.24. The zero-order valence-electron chi connectivity index (χ0n) is 9.31. The summed E-state index contributed by atoms with van der Waals surface area (Å²) in [6, 6.07) is 7.25. The van der Waals surface area contributed by atoms with Crippen LogP contribution >= 0.6 is 0 Å². The monoisotopic (exact) mass is 230 g/mol. The lowest BCUT2D eigenvalue weighted by atomic mass is 10.2. The van der Waals surface area contributed by atoms with Gasteiger partial charge in [-0.3, -0.25) is 4.79 Å². The van der Waals surface area contributed by atoms with Gasteiger partial charge in [0.2, 0.25) is 5.91 Å². The van der Waals surface area contributed by atoms with E-state index in [2.05, 4.69) is 15.3 Å². The Hall–Kier alpha value is -2.30. The van der Waals surface area contributed by atoms with Crippen molar-refractivity contribution in [3.63, 3.8) is 0 Å². The minimum absolute atomic E-state index is 0.0360. The fraction of sp³-hybridized carbons (Fsp3) is 0.167. The summed E-state index contributed by atoms with van der Waals surface area (Å²) in [5.74, 6) is 0.403. The zero-order valence-corrected chi connectivity index (χ0v) is 9.31. The number of nitrogens with one attached hydrogen (secondary N) is 2. The summed E-state index contributed by atoms with van der Waals surface area (Å²) in [4.78, 5) is 18.6. The fourth-order valence-corrected chi connectivity index (χ4v) is 1.47. The van der Waals surface area contributed by atoms with E-state index >= 15 is 0 Å². The maximum atomic E-state index is 11.6. The standard InChI is InChI=1S/C12H14N4O/c13-11-5-3-10(8-15-11)16-12(17)6-4-9-2-1-7-14-9/h1-3,5,7-8,14H,4,6H2,(H2,13,15)(H,16,17). The Balaban J connectivity index is 1.83. The average Bonchev–Trinajstić information content (AvgIpc) is 2.83. The number of nitrogens with zero attached hydrogens (tertiary/aromatic N) is 1. The van der Waals surface area contributed by atoms with Gasteiger partial charge in [0.25, 0.3) is 0 Å². The molecule has 0 spiro atoms. The van der Waals surface area contributed by atoms with Crippen LogP contribution in [0.15, 0.2) is 36.7 Å². The number of rotatable bonds is 4. The number of aromatic nitrogens is 2. The van der Waals surface area contributed by atoms with Crippen molar-refractivity contribution in [2.75, 3.05) is 11.1 Å². The van der Waals surface area contributed by atoms with Gasteiger partial charge in [-0.2, -0.15) is 0 Å². The van der Waals surface area contributed by atoms with Crippen molar-refractivity contribution in [3.8, 4) is 0 Å². The quantitative estimate of drug-likeness (QED) is 0.745. The van der Waals surface area contributed by atoms with Crippen LogP contribution in [0.4, 0.5) is 11.5 Å². The maximum Gasteiger partial charge on any atom is 0.224 e. The van der Waals surface area contributed by atoms with Gasteiger partial charge in [-0.25, -0.2) is 4.98 Å². The van der Waals surface area contributed by atoms with Gasteiger partial charge in [0.1, 0.15) is 5.82 Å². The van der Waals surface area contributed by atoms with E-state index in [0.717, 1.165) is 5.69 Å². The van der Waals surface area contributed by atoms with E-state index in [0.29, 0.717) is 24.3 Å². The molecule has 0 atom stereocenters. The third-order valence-electron chi connectivity index (χ3n) is 2.35. The number of carbonyl (C=O) groups excluding carboxylic acids is 1. The zero-order chi connectivity index (χ0) is 12.1. The van der Waals surface area contributed by atoms with E-state index in [-0.39, 0.29) is 5.91 Å². The van der Waals surface area contributed by atoms with Gasteiger partial charge in [0.05, 0.1) is 11.9 Å². The summed E-state index contributed by atoms with van der Waals surface area (Å²) in [5, 5.41) is 2.76. The van der Waals surface area contributed by atoms with E-state index in [1.165, 1.54) is 0 Å². The molecule has 0 aliphatic heterocycles. The molecule has 0 aliphatic rings. The van der Waals surface area contributed by atoms with Crippen LogP contribution in [0.3, 0.4) is 0 Å². The molecule has 4 N–H and O–H groups in total. The third kappa shape index (κ3) is 3.34. The Morgan fingerprint density at radius 1 is 1.41 bits per heavy atom. The summed E-state index contributed by atoms with van der Waals surface area (Å²) < 4.78 is 0. The van der Waals surface area contributed by atoms with Crippen molar-refractivity contribution >= 4 is 17.4 Å². The number of pyridine rings is 1. The minimum atomic E-state index is -0.0360. The van der Waals surface area contributed by atoms with Crippen molar-refractivity contribution in [1.29, 1.82) is 0 Å². The van der Waals surface area contributed by atoms with E-state index in [4.69, 9.17) is 5.73 Å². The van der Waals surface area contributed by atoms with Crippen LogP contribution in [0.5, 0.6) is 0 Å². The van der Waals surface area contributed by atoms with E-state index in [1.807, 2.05) is 18.3 Å². The predicted molar refractivity (Wildman–Crippen MR) is 66.4 cm³/mol. The molecule has 2 rings (SSSR count). The first-order valence-corrected chi connectivity index (χ1v) is 5.38. The number of anilines is 2.